The van der Waals surface area contributed by atoms with Gasteiger partial charge in [-0.15, -0.1) is 0 Å². The Hall–Kier alpha value is -1.87. The summed E-state index contributed by atoms with van der Waals surface area (Å²) in [4.78, 5) is 12.2. The van der Waals surface area contributed by atoms with Crippen molar-refractivity contribution in [3.63, 3.8) is 0 Å². The van der Waals surface area contributed by atoms with E-state index < -0.39 is 22.4 Å². The van der Waals surface area contributed by atoms with Crippen molar-refractivity contribution in [3.8, 4) is 0 Å². The second-order valence-corrected chi connectivity index (χ2v) is 4.87. The highest BCUT2D eigenvalue weighted by Gasteiger charge is 2.33. The lowest BCUT2D eigenvalue weighted by Gasteiger charge is -2.26. The highest BCUT2D eigenvalue weighted by molar-refractivity contribution is 5.62. The van der Waals surface area contributed by atoms with Crippen molar-refractivity contribution in [3.05, 3.63) is 33.9 Å². The van der Waals surface area contributed by atoms with E-state index in [1.165, 1.54) is 0 Å². The predicted molar refractivity (Wildman–Crippen MR) is 73.8 cm³/mol. The summed E-state index contributed by atoms with van der Waals surface area (Å²) in [6.07, 6.45) is -4.60. The number of nitro groups is 1. The number of morpholine rings is 1. The van der Waals surface area contributed by atoms with E-state index in [0.717, 1.165) is 25.2 Å². The van der Waals surface area contributed by atoms with Gasteiger partial charge in [-0.25, -0.2) is 0 Å². The van der Waals surface area contributed by atoms with Crippen molar-refractivity contribution in [2.75, 3.05) is 44.7 Å². The molecule has 0 spiro atoms. The molecule has 0 unspecified atom stereocenters. The molecule has 22 heavy (non-hydrogen) atoms. The second kappa shape index (κ2) is 6.93. The summed E-state index contributed by atoms with van der Waals surface area (Å²) in [7, 11) is 0. The molecule has 1 saturated heterocycles. The van der Waals surface area contributed by atoms with Gasteiger partial charge in [0.2, 0.25) is 0 Å². The number of anilines is 1. The Morgan fingerprint density at radius 1 is 1.32 bits per heavy atom. The van der Waals surface area contributed by atoms with E-state index in [9.17, 15) is 23.3 Å². The summed E-state index contributed by atoms with van der Waals surface area (Å²) in [5.41, 5.74) is -1.51. The van der Waals surface area contributed by atoms with Crippen LogP contribution in [0.3, 0.4) is 0 Å². The number of hydrogen-bond donors (Lipinski definition) is 1. The van der Waals surface area contributed by atoms with Crippen LogP contribution < -0.4 is 5.32 Å². The summed E-state index contributed by atoms with van der Waals surface area (Å²) in [6.45, 7) is 3.88. The van der Waals surface area contributed by atoms with E-state index in [0.29, 0.717) is 32.4 Å². The van der Waals surface area contributed by atoms with Crippen LogP contribution in [0.1, 0.15) is 5.56 Å². The number of nitro benzene ring substituents is 1. The van der Waals surface area contributed by atoms with Gasteiger partial charge in [0, 0.05) is 32.2 Å². The number of benzene rings is 1. The van der Waals surface area contributed by atoms with E-state index in [1.54, 1.807) is 0 Å². The molecule has 2 rings (SSSR count). The molecule has 0 radical (unpaired) electrons. The predicted octanol–water partition coefficient (Wildman–Crippen LogP) is 2.36. The average Bonchev–Trinajstić information content (AvgIpc) is 2.47. The summed E-state index contributed by atoms with van der Waals surface area (Å²) in [6, 6.07) is 2.49. The zero-order valence-electron chi connectivity index (χ0n) is 11.7. The van der Waals surface area contributed by atoms with Crippen LogP contribution >= 0.6 is 0 Å². The van der Waals surface area contributed by atoms with Gasteiger partial charge in [0.1, 0.15) is 5.69 Å². The maximum absolute atomic E-state index is 12.6. The summed E-state index contributed by atoms with van der Waals surface area (Å²) in [5, 5.41) is 13.8. The Morgan fingerprint density at radius 2 is 2.00 bits per heavy atom. The minimum atomic E-state index is -4.60. The minimum absolute atomic E-state index is 0.0891. The molecule has 0 bridgehead atoms. The van der Waals surface area contributed by atoms with E-state index >= 15 is 0 Å². The molecular formula is C13H16F3N3O3. The second-order valence-electron chi connectivity index (χ2n) is 4.87. The quantitative estimate of drug-likeness (QED) is 0.666. The molecule has 0 aliphatic carbocycles. The smallest absolute Gasteiger partial charge is 0.379 e. The summed E-state index contributed by atoms with van der Waals surface area (Å²) in [5.74, 6) is 0. The lowest BCUT2D eigenvalue weighted by molar-refractivity contribution is -0.384. The fourth-order valence-electron chi connectivity index (χ4n) is 2.18. The molecule has 1 aromatic carbocycles. The normalized spacial score (nSPS) is 16.5. The zero-order valence-corrected chi connectivity index (χ0v) is 11.7. The monoisotopic (exact) mass is 319 g/mol. The Kier molecular flexibility index (Phi) is 5.19. The van der Waals surface area contributed by atoms with Gasteiger partial charge in [0.05, 0.1) is 23.7 Å². The van der Waals surface area contributed by atoms with Gasteiger partial charge in [0.25, 0.3) is 5.69 Å². The summed E-state index contributed by atoms with van der Waals surface area (Å²) < 4.78 is 43.0. The van der Waals surface area contributed by atoms with Crippen molar-refractivity contribution in [1.82, 2.24) is 4.90 Å². The van der Waals surface area contributed by atoms with Gasteiger partial charge in [0.15, 0.2) is 0 Å². The van der Waals surface area contributed by atoms with Gasteiger partial charge < -0.3 is 10.1 Å². The standard InChI is InChI=1S/C13H16F3N3O3/c14-13(15,16)10-1-2-11(12(9-10)19(20)21)17-3-4-18-5-7-22-8-6-18/h1-2,9,17H,3-8H2. The number of nitrogens with zero attached hydrogens (tertiary/aromatic N) is 2. The van der Waals surface area contributed by atoms with Gasteiger partial charge in [-0.1, -0.05) is 0 Å². The lowest BCUT2D eigenvalue weighted by Crippen LogP contribution is -2.39. The van der Waals surface area contributed by atoms with E-state index in [-0.39, 0.29) is 5.69 Å². The Labute approximate surface area is 125 Å². The van der Waals surface area contributed by atoms with Crippen molar-refractivity contribution in [2.24, 2.45) is 0 Å². The molecular weight excluding hydrogens is 303 g/mol. The molecule has 1 aliphatic heterocycles. The van der Waals surface area contributed by atoms with Gasteiger partial charge in [-0.05, 0) is 12.1 Å². The Bertz CT molecular complexity index is 531. The molecule has 0 saturated carbocycles. The minimum Gasteiger partial charge on any atom is -0.379 e. The Morgan fingerprint density at radius 3 is 2.59 bits per heavy atom. The molecule has 1 fully saturated rings. The van der Waals surface area contributed by atoms with Crippen LogP contribution in [-0.4, -0.2) is 49.2 Å². The van der Waals surface area contributed by atoms with Crippen LogP contribution in [0.5, 0.6) is 0 Å². The van der Waals surface area contributed by atoms with Crippen LogP contribution in [0.15, 0.2) is 18.2 Å². The van der Waals surface area contributed by atoms with Crippen molar-refractivity contribution < 1.29 is 22.8 Å². The van der Waals surface area contributed by atoms with Gasteiger partial charge >= 0.3 is 6.18 Å². The third kappa shape index (κ3) is 4.31. The van der Waals surface area contributed by atoms with E-state index in [4.69, 9.17) is 4.74 Å². The number of hydrogen-bond acceptors (Lipinski definition) is 5. The number of ether oxygens (including phenoxy) is 1. The van der Waals surface area contributed by atoms with E-state index in [1.807, 2.05) is 0 Å². The van der Waals surface area contributed by atoms with Crippen LogP contribution in [-0.2, 0) is 10.9 Å². The zero-order chi connectivity index (χ0) is 16.2. The van der Waals surface area contributed by atoms with Crippen LogP contribution in [0.2, 0.25) is 0 Å². The first kappa shape index (κ1) is 16.5. The molecule has 0 amide bonds. The van der Waals surface area contributed by atoms with Crippen LogP contribution in [0, 0.1) is 10.1 Å². The van der Waals surface area contributed by atoms with Crippen molar-refractivity contribution >= 4 is 11.4 Å². The lowest BCUT2D eigenvalue weighted by atomic mass is 10.1. The van der Waals surface area contributed by atoms with Gasteiger partial charge in [-0.2, -0.15) is 13.2 Å². The molecule has 0 aromatic heterocycles. The third-order valence-corrected chi connectivity index (χ3v) is 3.37. The fourth-order valence-corrected chi connectivity index (χ4v) is 2.18. The summed E-state index contributed by atoms with van der Waals surface area (Å²) >= 11 is 0. The molecule has 1 heterocycles. The molecule has 1 aliphatic rings. The van der Waals surface area contributed by atoms with Crippen molar-refractivity contribution in [2.45, 2.75) is 6.18 Å². The SMILES string of the molecule is O=[N+]([O-])c1cc(C(F)(F)F)ccc1NCCN1CCOCC1. The van der Waals surface area contributed by atoms with Crippen LogP contribution in [0.25, 0.3) is 0 Å². The number of alkyl halides is 3. The van der Waals surface area contributed by atoms with Crippen molar-refractivity contribution in [1.29, 1.82) is 0 Å². The maximum Gasteiger partial charge on any atom is 0.416 e. The fraction of sp³-hybridized carbons (Fsp3) is 0.538. The molecule has 9 heteroatoms. The number of rotatable bonds is 5. The van der Waals surface area contributed by atoms with E-state index in [2.05, 4.69) is 10.2 Å². The average molecular weight is 319 g/mol. The maximum atomic E-state index is 12.6. The molecule has 0 atom stereocenters. The number of halogens is 3. The van der Waals surface area contributed by atoms with Gasteiger partial charge in [-0.3, -0.25) is 15.0 Å². The molecule has 1 aromatic rings. The van der Waals surface area contributed by atoms with Crippen LogP contribution in [0.4, 0.5) is 24.5 Å². The highest BCUT2D eigenvalue weighted by atomic mass is 19.4. The third-order valence-electron chi connectivity index (χ3n) is 3.37. The molecule has 122 valence electrons. The first-order chi connectivity index (χ1) is 10.4. The molecule has 1 N–H and O–H groups in total. The number of nitrogens with one attached hydrogen (secondary N) is 1. The highest BCUT2D eigenvalue weighted by Crippen LogP contribution is 2.34. The first-order valence-corrected chi connectivity index (χ1v) is 6.77. The molecule has 6 nitrogen and oxygen atoms in total. The largest absolute Gasteiger partial charge is 0.416 e. The topological polar surface area (TPSA) is 67.6 Å². The first-order valence-electron chi connectivity index (χ1n) is 6.77. The Balaban J connectivity index is 2.01.